The number of benzene rings is 1. The van der Waals surface area contributed by atoms with Gasteiger partial charge in [0, 0.05) is 18.7 Å². The number of rotatable bonds is 1. The van der Waals surface area contributed by atoms with E-state index < -0.39 is 0 Å². The Labute approximate surface area is 88.4 Å². The molecule has 1 amide bonds. The minimum atomic E-state index is -0.122. The average Bonchev–Trinajstić information content (AvgIpc) is 2.31. The molecule has 78 valence electrons. The highest BCUT2D eigenvalue weighted by atomic mass is 16.1. The van der Waals surface area contributed by atoms with Crippen molar-refractivity contribution in [1.29, 1.82) is 0 Å². The second-order valence-corrected chi connectivity index (χ2v) is 3.33. The molecule has 0 unspecified atom stereocenters. The molecule has 1 heterocycles. The zero-order valence-corrected chi connectivity index (χ0v) is 8.36. The molecule has 0 saturated heterocycles. The van der Waals surface area contributed by atoms with Gasteiger partial charge in [-0.05, 0) is 18.6 Å². The predicted molar refractivity (Wildman–Crippen MR) is 58.8 cm³/mol. The Kier molecular flexibility index (Phi) is 2.97. The molecule has 1 aliphatic heterocycles. The lowest BCUT2D eigenvalue weighted by Gasteiger charge is -2.14. The fraction of sp³-hybridized carbons (Fsp3) is 0.273. The van der Waals surface area contributed by atoms with Crippen molar-refractivity contribution in [3.05, 3.63) is 35.9 Å². The van der Waals surface area contributed by atoms with E-state index in [2.05, 4.69) is 15.6 Å². The van der Waals surface area contributed by atoms with E-state index in [4.69, 9.17) is 0 Å². The molecule has 15 heavy (non-hydrogen) atoms. The minimum Gasteiger partial charge on any atom is -0.356 e. The summed E-state index contributed by atoms with van der Waals surface area (Å²) in [4.78, 5) is 15.8. The lowest BCUT2D eigenvalue weighted by atomic mass is 10.2. The normalized spacial score (nSPS) is 15.1. The van der Waals surface area contributed by atoms with Crippen molar-refractivity contribution >= 4 is 11.9 Å². The summed E-state index contributed by atoms with van der Waals surface area (Å²) in [6.45, 7) is 1.64. The molecule has 0 radical (unpaired) electrons. The van der Waals surface area contributed by atoms with Crippen LogP contribution in [0.1, 0.15) is 16.8 Å². The number of nitrogens with one attached hydrogen (secondary N) is 2. The molecule has 4 heteroatoms. The van der Waals surface area contributed by atoms with E-state index in [-0.39, 0.29) is 5.91 Å². The molecule has 0 spiro atoms. The first-order valence-electron chi connectivity index (χ1n) is 5.01. The smallest absolute Gasteiger partial charge is 0.257 e. The molecule has 2 rings (SSSR count). The first kappa shape index (κ1) is 9.71. The molecule has 4 nitrogen and oxygen atoms in total. The number of hydrogen-bond acceptors (Lipinski definition) is 3. The fourth-order valence-corrected chi connectivity index (χ4v) is 1.39. The molecule has 0 aliphatic carbocycles. The highest BCUT2D eigenvalue weighted by Gasteiger charge is 2.09. The number of hydrogen-bond donors (Lipinski definition) is 2. The monoisotopic (exact) mass is 203 g/mol. The summed E-state index contributed by atoms with van der Waals surface area (Å²) < 4.78 is 0. The Morgan fingerprint density at radius 3 is 2.80 bits per heavy atom. The summed E-state index contributed by atoms with van der Waals surface area (Å²) in [5.41, 5.74) is 0.646. The van der Waals surface area contributed by atoms with Crippen LogP contribution in [-0.2, 0) is 0 Å². The third-order valence-electron chi connectivity index (χ3n) is 2.17. The summed E-state index contributed by atoms with van der Waals surface area (Å²) in [5, 5.41) is 5.77. The number of carbonyl (C=O) groups is 1. The maximum absolute atomic E-state index is 11.7. The Morgan fingerprint density at radius 2 is 2.13 bits per heavy atom. The SMILES string of the molecule is O=C(NC1=NCCCN1)c1ccccc1. The van der Waals surface area contributed by atoms with Gasteiger partial charge in [0.05, 0.1) is 0 Å². The van der Waals surface area contributed by atoms with Gasteiger partial charge in [0.2, 0.25) is 0 Å². The highest BCUT2D eigenvalue weighted by molar-refractivity contribution is 6.05. The summed E-state index contributed by atoms with van der Waals surface area (Å²) in [5.74, 6) is 0.457. The zero-order chi connectivity index (χ0) is 10.5. The summed E-state index contributed by atoms with van der Waals surface area (Å²) >= 11 is 0. The first-order valence-corrected chi connectivity index (χ1v) is 5.01. The van der Waals surface area contributed by atoms with Gasteiger partial charge < -0.3 is 5.32 Å². The van der Waals surface area contributed by atoms with Crippen molar-refractivity contribution in [3.8, 4) is 0 Å². The second-order valence-electron chi connectivity index (χ2n) is 3.33. The van der Waals surface area contributed by atoms with Crippen molar-refractivity contribution in [1.82, 2.24) is 10.6 Å². The number of aliphatic imine (C=N–C) groups is 1. The van der Waals surface area contributed by atoms with Crippen LogP contribution in [-0.4, -0.2) is 25.0 Å². The van der Waals surface area contributed by atoms with Gasteiger partial charge in [-0.2, -0.15) is 0 Å². The Bertz CT molecular complexity index is 373. The molecule has 1 aliphatic rings. The molecule has 1 aromatic rings. The van der Waals surface area contributed by atoms with Gasteiger partial charge in [-0.1, -0.05) is 18.2 Å². The number of guanidine groups is 1. The van der Waals surface area contributed by atoms with Gasteiger partial charge in [0.25, 0.3) is 5.91 Å². The van der Waals surface area contributed by atoms with E-state index in [1.54, 1.807) is 12.1 Å². The van der Waals surface area contributed by atoms with Crippen molar-refractivity contribution in [2.75, 3.05) is 13.1 Å². The molecule has 0 fully saturated rings. The van der Waals surface area contributed by atoms with E-state index in [1.165, 1.54) is 0 Å². The maximum Gasteiger partial charge on any atom is 0.257 e. The van der Waals surface area contributed by atoms with E-state index >= 15 is 0 Å². The lowest BCUT2D eigenvalue weighted by molar-refractivity contribution is 0.0975. The minimum absolute atomic E-state index is 0.122. The number of nitrogens with zero attached hydrogens (tertiary/aromatic N) is 1. The van der Waals surface area contributed by atoms with Crippen molar-refractivity contribution in [2.45, 2.75) is 6.42 Å². The second kappa shape index (κ2) is 4.59. The van der Waals surface area contributed by atoms with Crippen molar-refractivity contribution in [2.24, 2.45) is 4.99 Å². The van der Waals surface area contributed by atoms with E-state index in [1.807, 2.05) is 18.2 Å². The third kappa shape index (κ3) is 2.56. The van der Waals surface area contributed by atoms with Crippen molar-refractivity contribution < 1.29 is 4.79 Å². The standard InChI is InChI=1S/C11H13N3O/c15-10(9-5-2-1-3-6-9)14-11-12-7-4-8-13-11/h1-3,5-6H,4,7-8H2,(H2,12,13,14,15). The van der Waals surface area contributed by atoms with Crippen LogP contribution in [0.3, 0.4) is 0 Å². The van der Waals surface area contributed by atoms with Gasteiger partial charge in [0.15, 0.2) is 5.96 Å². The number of amides is 1. The van der Waals surface area contributed by atoms with Gasteiger partial charge in [-0.25, -0.2) is 0 Å². The molecular weight excluding hydrogens is 190 g/mol. The van der Waals surface area contributed by atoms with E-state index in [0.717, 1.165) is 19.5 Å². The Hall–Kier alpha value is -1.84. The van der Waals surface area contributed by atoms with Crippen LogP contribution in [0, 0.1) is 0 Å². The molecule has 0 aromatic heterocycles. The Balaban J connectivity index is 2.01. The summed E-state index contributed by atoms with van der Waals surface area (Å²) in [7, 11) is 0. The van der Waals surface area contributed by atoms with Gasteiger partial charge >= 0.3 is 0 Å². The van der Waals surface area contributed by atoms with Crippen LogP contribution < -0.4 is 10.6 Å². The van der Waals surface area contributed by atoms with E-state index in [0.29, 0.717) is 11.5 Å². The van der Waals surface area contributed by atoms with Crippen LogP contribution in [0.5, 0.6) is 0 Å². The average molecular weight is 203 g/mol. The topological polar surface area (TPSA) is 53.5 Å². The third-order valence-corrected chi connectivity index (χ3v) is 2.17. The Morgan fingerprint density at radius 1 is 1.33 bits per heavy atom. The summed E-state index contributed by atoms with van der Waals surface area (Å²) in [6.07, 6.45) is 1.02. The highest BCUT2D eigenvalue weighted by Crippen LogP contribution is 1.98. The zero-order valence-electron chi connectivity index (χ0n) is 8.36. The van der Waals surface area contributed by atoms with Crippen LogP contribution in [0.2, 0.25) is 0 Å². The molecule has 0 saturated carbocycles. The molecule has 2 N–H and O–H groups in total. The first-order chi connectivity index (χ1) is 7.36. The van der Waals surface area contributed by atoms with Crippen LogP contribution in [0.25, 0.3) is 0 Å². The molecule has 0 atom stereocenters. The summed E-state index contributed by atoms with van der Waals surface area (Å²) in [6, 6.07) is 9.11. The van der Waals surface area contributed by atoms with Gasteiger partial charge in [0.1, 0.15) is 0 Å². The molecule has 0 bridgehead atoms. The lowest BCUT2D eigenvalue weighted by Crippen LogP contribution is -2.43. The molecular formula is C11H13N3O. The van der Waals surface area contributed by atoms with Crippen LogP contribution in [0.4, 0.5) is 0 Å². The maximum atomic E-state index is 11.7. The van der Waals surface area contributed by atoms with Crippen molar-refractivity contribution in [3.63, 3.8) is 0 Å². The fourth-order valence-electron chi connectivity index (χ4n) is 1.39. The quantitative estimate of drug-likeness (QED) is 0.708. The van der Waals surface area contributed by atoms with Crippen LogP contribution in [0.15, 0.2) is 35.3 Å². The molecule has 1 aromatic carbocycles. The van der Waals surface area contributed by atoms with E-state index in [9.17, 15) is 4.79 Å². The van der Waals surface area contributed by atoms with Gasteiger partial charge in [-0.3, -0.25) is 15.1 Å². The largest absolute Gasteiger partial charge is 0.356 e. The van der Waals surface area contributed by atoms with Gasteiger partial charge in [-0.15, -0.1) is 0 Å². The predicted octanol–water partition coefficient (Wildman–Crippen LogP) is 0.766. The van der Waals surface area contributed by atoms with Crippen LogP contribution >= 0.6 is 0 Å². The number of carbonyl (C=O) groups excluding carboxylic acids is 1.